The van der Waals surface area contributed by atoms with E-state index >= 15 is 0 Å². The van der Waals surface area contributed by atoms with Crippen molar-refractivity contribution in [2.24, 2.45) is 0 Å². The summed E-state index contributed by atoms with van der Waals surface area (Å²) >= 11 is 5.75. The van der Waals surface area contributed by atoms with Crippen LogP contribution in [0.5, 0.6) is 0 Å². The quantitative estimate of drug-likeness (QED) is 0.524. The van der Waals surface area contributed by atoms with E-state index < -0.39 is 0 Å². The summed E-state index contributed by atoms with van der Waals surface area (Å²) in [4.78, 5) is 14.5. The Morgan fingerprint density at radius 1 is 1.19 bits per heavy atom. The summed E-state index contributed by atoms with van der Waals surface area (Å²) in [5.41, 5.74) is 4.10. The number of hydrogen-bond donors (Lipinski definition) is 1. The third-order valence-corrected chi connectivity index (χ3v) is 8.22. The fourth-order valence-electron chi connectivity index (χ4n) is 6.57. The van der Waals surface area contributed by atoms with Gasteiger partial charge in [0, 0.05) is 29.2 Å². The van der Waals surface area contributed by atoms with Crippen molar-refractivity contribution in [1.29, 1.82) is 0 Å². The Kier molecular flexibility index (Phi) is 4.53. The van der Waals surface area contributed by atoms with Gasteiger partial charge in [0.2, 0.25) is 10.5 Å². The highest BCUT2D eigenvalue weighted by molar-refractivity contribution is 7.71. The molecule has 3 heterocycles. The van der Waals surface area contributed by atoms with Crippen LogP contribution in [0.2, 0.25) is 0 Å². The summed E-state index contributed by atoms with van der Waals surface area (Å²) in [6.45, 7) is 4.86. The second kappa shape index (κ2) is 7.12. The van der Waals surface area contributed by atoms with Crippen molar-refractivity contribution in [3.8, 4) is 11.3 Å². The van der Waals surface area contributed by atoms with Crippen LogP contribution < -0.4 is 5.56 Å². The van der Waals surface area contributed by atoms with E-state index in [0.717, 1.165) is 48.9 Å². The van der Waals surface area contributed by atoms with Crippen molar-refractivity contribution in [3.63, 3.8) is 0 Å². The smallest absolute Gasteiger partial charge is 0.259 e. The fourth-order valence-corrected chi connectivity index (χ4v) is 6.79. The van der Waals surface area contributed by atoms with E-state index in [9.17, 15) is 4.79 Å². The van der Waals surface area contributed by atoms with Gasteiger partial charge in [-0.15, -0.1) is 5.10 Å². The Morgan fingerprint density at radius 2 is 1.97 bits per heavy atom. The molecule has 2 fully saturated rings. The number of ether oxygens (including phenoxy) is 1. The number of aromatic amines is 1. The van der Waals surface area contributed by atoms with Gasteiger partial charge in [0.15, 0.2) is 0 Å². The Balaban J connectivity index is 1.72. The van der Waals surface area contributed by atoms with Gasteiger partial charge in [-0.3, -0.25) is 13.8 Å². The van der Waals surface area contributed by atoms with Crippen LogP contribution in [0.25, 0.3) is 17.0 Å². The van der Waals surface area contributed by atoms with E-state index in [4.69, 9.17) is 17.0 Å². The molecule has 3 aromatic rings. The molecule has 0 amide bonds. The minimum atomic E-state index is -0.266. The van der Waals surface area contributed by atoms with Gasteiger partial charge in [0.05, 0.1) is 11.3 Å². The molecule has 1 saturated heterocycles. The molecule has 1 atom stereocenters. The molecule has 1 unspecified atom stereocenters. The summed E-state index contributed by atoms with van der Waals surface area (Å²) in [6.07, 6.45) is 8.21. The molecule has 2 aromatic heterocycles. The molecule has 1 N–H and O–H groups in total. The number of fused-ring (bicyclic) bond motifs is 6. The van der Waals surface area contributed by atoms with E-state index in [1.807, 2.05) is 8.97 Å². The third kappa shape index (κ3) is 2.90. The van der Waals surface area contributed by atoms with Crippen LogP contribution in [-0.4, -0.2) is 31.4 Å². The van der Waals surface area contributed by atoms with Crippen molar-refractivity contribution in [3.05, 3.63) is 50.5 Å². The van der Waals surface area contributed by atoms with E-state index in [-0.39, 0.29) is 22.6 Å². The standard InChI is InChI=1S/C25H30N4O2S/c1-24(2)15-17(10-13-31-24)28-21(30)19-20(29-22(28)26-27-23(29)32)18-9-5-4-8-16(18)14-25(19)11-6-3-7-12-25/h4-5,8-9,17H,3,6-7,10-15H2,1-2H3,(H,27,32). The van der Waals surface area contributed by atoms with Crippen LogP contribution in [0.1, 0.15) is 76.0 Å². The Bertz CT molecular complexity index is 1330. The first kappa shape index (κ1) is 20.4. The SMILES string of the molecule is CC1(C)CC(n2c(=O)c3c(n4c(=S)[nH]nc24)-c2ccccc2CC32CCCCC2)CCO1. The first-order chi connectivity index (χ1) is 15.4. The Hall–Kier alpha value is -2.25. The first-order valence-electron chi connectivity index (χ1n) is 11.9. The predicted molar refractivity (Wildman–Crippen MR) is 127 cm³/mol. The molecule has 32 heavy (non-hydrogen) atoms. The average Bonchev–Trinajstić information content (AvgIpc) is 3.14. The lowest BCUT2D eigenvalue weighted by Gasteiger charge is -2.43. The van der Waals surface area contributed by atoms with Crippen molar-refractivity contribution in [2.45, 2.75) is 82.3 Å². The van der Waals surface area contributed by atoms with Crippen LogP contribution in [-0.2, 0) is 16.6 Å². The number of aromatic nitrogens is 4. The number of hydrogen-bond acceptors (Lipinski definition) is 4. The highest BCUT2D eigenvalue weighted by atomic mass is 32.1. The Morgan fingerprint density at radius 3 is 2.75 bits per heavy atom. The van der Waals surface area contributed by atoms with Crippen LogP contribution in [0, 0.1) is 4.77 Å². The number of H-pyrrole nitrogens is 1. The molecular formula is C25H30N4O2S. The monoisotopic (exact) mass is 450 g/mol. The van der Waals surface area contributed by atoms with Gasteiger partial charge in [-0.05, 0) is 63.7 Å². The number of rotatable bonds is 1. The van der Waals surface area contributed by atoms with E-state index in [0.29, 0.717) is 17.2 Å². The molecule has 0 bridgehead atoms. The number of nitrogens with zero attached hydrogens (tertiary/aromatic N) is 3. The summed E-state index contributed by atoms with van der Waals surface area (Å²) in [7, 11) is 0. The number of benzene rings is 1. The van der Waals surface area contributed by atoms with Gasteiger partial charge >= 0.3 is 0 Å². The molecular weight excluding hydrogens is 420 g/mol. The second-order valence-electron chi connectivity index (χ2n) is 10.5. The largest absolute Gasteiger partial charge is 0.375 e. The lowest BCUT2D eigenvalue weighted by molar-refractivity contribution is -0.0692. The molecule has 1 saturated carbocycles. The van der Waals surface area contributed by atoms with E-state index in [2.05, 4.69) is 48.3 Å². The molecule has 1 aliphatic heterocycles. The zero-order chi connectivity index (χ0) is 22.1. The van der Waals surface area contributed by atoms with Crippen LogP contribution in [0.3, 0.4) is 0 Å². The summed E-state index contributed by atoms with van der Waals surface area (Å²) in [5.74, 6) is 0.629. The van der Waals surface area contributed by atoms with E-state index in [1.54, 1.807) is 0 Å². The summed E-state index contributed by atoms with van der Waals surface area (Å²) in [6, 6.07) is 8.57. The van der Waals surface area contributed by atoms with Crippen molar-refractivity contribution >= 4 is 18.0 Å². The van der Waals surface area contributed by atoms with Crippen LogP contribution in [0.4, 0.5) is 0 Å². The normalized spacial score (nSPS) is 23.8. The number of nitrogens with one attached hydrogen (secondary N) is 1. The van der Waals surface area contributed by atoms with Gasteiger partial charge in [-0.1, -0.05) is 43.5 Å². The molecule has 7 heteroatoms. The maximum Gasteiger partial charge on any atom is 0.259 e. The summed E-state index contributed by atoms with van der Waals surface area (Å²) < 4.78 is 10.5. The topological polar surface area (TPSA) is 64.3 Å². The molecule has 2 aliphatic carbocycles. The minimum Gasteiger partial charge on any atom is -0.375 e. The maximum atomic E-state index is 14.5. The van der Waals surface area contributed by atoms with Gasteiger partial charge in [0.25, 0.3) is 5.56 Å². The second-order valence-corrected chi connectivity index (χ2v) is 10.9. The molecule has 0 radical (unpaired) electrons. The molecule has 6 rings (SSSR count). The average molecular weight is 451 g/mol. The van der Waals surface area contributed by atoms with Gasteiger partial charge in [-0.2, -0.15) is 0 Å². The van der Waals surface area contributed by atoms with Crippen LogP contribution >= 0.6 is 12.2 Å². The first-order valence-corrected chi connectivity index (χ1v) is 12.3. The van der Waals surface area contributed by atoms with E-state index in [1.165, 1.54) is 24.8 Å². The highest BCUT2D eigenvalue weighted by Crippen LogP contribution is 2.49. The molecule has 1 aromatic carbocycles. The molecule has 3 aliphatic rings. The Labute approximate surface area is 192 Å². The predicted octanol–water partition coefficient (Wildman–Crippen LogP) is 5.11. The highest BCUT2D eigenvalue weighted by Gasteiger charge is 2.45. The van der Waals surface area contributed by atoms with Gasteiger partial charge in [-0.25, -0.2) is 5.10 Å². The third-order valence-electron chi connectivity index (χ3n) is 7.94. The van der Waals surface area contributed by atoms with Crippen molar-refractivity contribution in [2.75, 3.05) is 6.61 Å². The van der Waals surface area contributed by atoms with Crippen LogP contribution in [0.15, 0.2) is 29.1 Å². The van der Waals surface area contributed by atoms with Gasteiger partial charge < -0.3 is 4.74 Å². The molecule has 168 valence electrons. The van der Waals surface area contributed by atoms with Gasteiger partial charge in [0.1, 0.15) is 0 Å². The van der Waals surface area contributed by atoms with Crippen molar-refractivity contribution < 1.29 is 4.74 Å². The summed E-state index contributed by atoms with van der Waals surface area (Å²) in [5, 5.41) is 7.59. The zero-order valence-corrected chi connectivity index (χ0v) is 19.6. The molecule has 6 nitrogen and oxygen atoms in total. The zero-order valence-electron chi connectivity index (χ0n) is 18.8. The lowest BCUT2D eigenvalue weighted by atomic mass is 9.62. The molecule has 1 spiro atoms. The minimum absolute atomic E-state index is 0.0436. The lowest BCUT2D eigenvalue weighted by Crippen LogP contribution is -2.46. The van der Waals surface area contributed by atoms with Crippen molar-refractivity contribution in [1.82, 2.24) is 19.2 Å². The fraction of sp³-hybridized carbons (Fsp3) is 0.560. The maximum absolute atomic E-state index is 14.5.